The average molecular weight is 144 g/mol. The summed E-state index contributed by atoms with van der Waals surface area (Å²) in [7, 11) is 0. The standard InChI is InChI=1S/C8H13FO/c9-7-3-1-6-5(7)2-4-8(6)10/h5-8,10H,1-4H2/t5-,6-,7+,8+/m0/s1. The van der Waals surface area contributed by atoms with Gasteiger partial charge in [-0.2, -0.15) is 0 Å². The number of hydrogen-bond acceptors (Lipinski definition) is 1. The molecule has 2 fully saturated rings. The molecule has 0 amide bonds. The van der Waals surface area contributed by atoms with E-state index in [1.807, 2.05) is 0 Å². The fraction of sp³-hybridized carbons (Fsp3) is 1.00. The maximum Gasteiger partial charge on any atom is 0.103 e. The van der Waals surface area contributed by atoms with Gasteiger partial charge in [0, 0.05) is 0 Å². The van der Waals surface area contributed by atoms with E-state index in [2.05, 4.69) is 0 Å². The van der Waals surface area contributed by atoms with Crippen LogP contribution in [-0.2, 0) is 0 Å². The van der Waals surface area contributed by atoms with Gasteiger partial charge in [-0.25, -0.2) is 4.39 Å². The highest BCUT2D eigenvalue weighted by Crippen LogP contribution is 2.45. The Labute approximate surface area is 60.2 Å². The lowest BCUT2D eigenvalue weighted by atomic mass is 9.99. The predicted octanol–water partition coefficient (Wildman–Crippen LogP) is 1.51. The highest BCUT2D eigenvalue weighted by molar-refractivity contribution is 4.94. The van der Waals surface area contributed by atoms with Crippen LogP contribution in [0.15, 0.2) is 0 Å². The van der Waals surface area contributed by atoms with Gasteiger partial charge in [0.1, 0.15) is 6.17 Å². The van der Waals surface area contributed by atoms with E-state index in [-0.39, 0.29) is 12.0 Å². The van der Waals surface area contributed by atoms with Crippen molar-refractivity contribution in [3.05, 3.63) is 0 Å². The van der Waals surface area contributed by atoms with E-state index < -0.39 is 6.17 Å². The molecule has 0 spiro atoms. The van der Waals surface area contributed by atoms with Crippen molar-refractivity contribution in [3.8, 4) is 0 Å². The summed E-state index contributed by atoms with van der Waals surface area (Å²) in [5.41, 5.74) is 0. The van der Waals surface area contributed by atoms with Crippen molar-refractivity contribution in [1.29, 1.82) is 0 Å². The van der Waals surface area contributed by atoms with Crippen molar-refractivity contribution in [2.75, 3.05) is 0 Å². The molecule has 0 unspecified atom stereocenters. The second-order valence-electron chi connectivity index (χ2n) is 3.57. The summed E-state index contributed by atoms with van der Waals surface area (Å²) in [6.07, 6.45) is 2.54. The van der Waals surface area contributed by atoms with Crippen LogP contribution in [0.3, 0.4) is 0 Å². The van der Waals surface area contributed by atoms with Crippen LogP contribution < -0.4 is 0 Å². The lowest BCUT2D eigenvalue weighted by molar-refractivity contribution is 0.121. The Bertz CT molecular complexity index is 121. The monoisotopic (exact) mass is 144 g/mol. The molecule has 0 saturated heterocycles. The molecule has 2 aliphatic carbocycles. The van der Waals surface area contributed by atoms with Gasteiger partial charge in [-0.15, -0.1) is 0 Å². The van der Waals surface area contributed by atoms with E-state index in [9.17, 15) is 9.50 Å². The summed E-state index contributed by atoms with van der Waals surface area (Å²) >= 11 is 0. The number of hydrogen-bond donors (Lipinski definition) is 1. The molecule has 0 aromatic heterocycles. The minimum absolute atomic E-state index is 0.189. The Balaban J connectivity index is 2.09. The van der Waals surface area contributed by atoms with Crippen molar-refractivity contribution in [3.63, 3.8) is 0 Å². The molecule has 2 aliphatic rings. The summed E-state index contributed by atoms with van der Waals surface area (Å²) < 4.78 is 12.9. The molecule has 2 rings (SSSR count). The number of aliphatic hydroxyl groups is 1. The molecule has 0 bridgehead atoms. The number of aliphatic hydroxyl groups excluding tert-OH is 1. The summed E-state index contributed by atoms with van der Waals surface area (Å²) in [6, 6.07) is 0. The molecule has 4 atom stereocenters. The van der Waals surface area contributed by atoms with Gasteiger partial charge in [-0.3, -0.25) is 0 Å². The quantitative estimate of drug-likeness (QED) is 0.546. The zero-order valence-electron chi connectivity index (χ0n) is 5.96. The van der Waals surface area contributed by atoms with Crippen molar-refractivity contribution in [1.82, 2.24) is 0 Å². The molecule has 0 aliphatic heterocycles. The molecule has 1 nitrogen and oxygen atoms in total. The molecule has 0 aromatic rings. The van der Waals surface area contributed by atoms with Crippen LogP contribution in [0, 0.1) is 11.8 Å². The first kappa shape index (κ1) is 6.59. The van der Waals surface area contributed by atoms with E-state index in [0.29, 0.717) is 12.3 Å². The van der Waals surface area contributed by atoms with E-state index in [4.69, 9.17) is 0 Å². The van der Waals surface area contributed by atoms with Crippen LogP contribution in [-0.4, -0.2) is 17.4 Å². The maximum absolute atomic E-state index is 12.9. The number of fused-ring (bicyclic) bond motifs is 1. The third kappa shape index (κ3) is 0.782. The summed E-state index contributed by atoms with van der Waals surface area (Å²) in [4.78, 5) is 0. The van der Waals surface area contributed by atoms with Crippen LogP contribution in [0.25, 0.3) is 0 Å². The van der Waals surface area contributed by atoms with Gasteiger partial charge < -0.3 is 5.11 Å². The Morgan fingerprint density at radius 1 is 1.00 bits per heavy atom. The number of alkyl halides is 1. The predicted molar refractivity (Wildman–Crippen MR) is 36.4 cm³/mol. The van der Waals surface area contributed by atoms with Gasteiger partial charge in [0.2, 0.25) is 0 Å². The molecule has 10 heavy (non-hydrogen) atoms. The minimum Gasteiger partial charge on any atom is -0.393 e. The lowest BCUT2D eigenvalue weighted by Crippen LogP contribution is -2.16. The zero-order valence-corrected chi connectivity index (χ0v) is 5.96. The van der Waals surface area contributed by atoms with Gasteiger partial charge >= 0.3 is 0 Å². The van der Waals surface area contributed by atoms with Crippen LogP contribution in [0.2, 0.25) is 0 Å². The van der Waals surface area contributed by atoms with Gasteiger partial charge in [0.05, 0.1) is 6.10 Å². The highest BCUT2D eigenvalue weighted by Gasteiger charge is 2.44. The van der Waals surface area contributed by atoms with Gasteiger partial charge in [0.15, 0.2) is 0 Å². The molecule has 2 saturated carbocycles. The van der Waals surface area contributed by atoms with Gasteiger partial charge in [-0.1, -0.05) is 0 Å². The maximum atomic E-state index is 12.9. The fourth-order valence-electron chi connectivity index (χ4n) is 2.50. The largest absolute Gasteiger partial charge is 0.393 e. The van der Waals surface area contributed by atoms with Crippen LogP contribution in [0.5, 0.6) is 0 Å². The van der Waals surface area contributed by atoms with Crippen molar-refractivity contribution in [2.24, 2.45) is 11.8 Å². The second kappa shape index (κ2) is 2.19. The van der Waals surface area contributed by atoms with Crippen LogP contribution in [0.4, 0.5) is 4.39 Å². The Hall–Kier alpha value is -0.110. The SMILES string of the molecule is O[C@@H]1CC[C@H]2[C@@H]1CC[C@H]2F. The lowest BCUT2D eigenvalue weighted by Gasteiger charge is -2.12. The molecule has 0 aromatic carbocycles. The molecular formula is C8H13FO. The Morgan fingerprint density at radius 2 is 1.70 bits per heavy atom. The minimum atomic E-state index is -0.609. The van der Waals surface area contributed by atoms with Crippen LogP contribution >= 0.6 is 0 Å². The molecule has 0 radical (unpaired) electrons. The smallest absolute Gasteiger partial charge is 0.103 e. The third-order valence-corrected chi connectivity index (χ3v) is 3.08. The third-order valence-electron chi connectivity index (χ3n) is 3.08. The van der Waals surface area contributed by atoms with E-state index >= 15 is 0 Å². The van der Waals surface area contributed by atoms with E-state index in [1.54, 1.807) is 0 Å². The first-order valence-electron chi connectivity index (χ1n) is 4.11. The van der Waals surface area contributed by atoms with Crippen LogP contribution in [0.1, 0.15) is 25.7 Å². The van der Waals surface area contributed by atoms with Crippen molar-refractivity contribution < 1.29 is 9.50 Å². The molecular weight excluding hydrogens is 131 g/mol. The first-order chi connectivity index (χ1) is 4.79. The van der Waals surface area contributed by atoms with E-state index in [0.717, 1.165) is 19.3 Å². The summed E-state index contributed by atoms with van der Waals surface area (Å²) in [5, 5.41) is 9.35. The second-order valence-corrected chi connectivity index (χ2v) is 3.57. The Morgan fingerprint density at radius 3 is 2.40 bits per heavy atom. The topological polar surface area (TPSA) is 20.2 Å². The summed E-state index contributed by atoms with van der Waals surface area (Å²) in [5.74, 6) is 0.505. The highest BCUT2D eigenvalue weighted by atomic mass is 19.1. The Kier molecular flexibility index (Phi) is 1.44. The molecule has 1 N–H and O–H groups in total. The fourth-order valence-corrected chi connectivity index (χ4v) is 2.50. The van der Waals surface area contributed by atoms with Crippen molar-refractivity contribution >= 4 is 0 Å². The average Bonchev–Trinajstić information content (AvgIpc) is 2.41. The number of halogens is 1. The van der Waals surface area contributed by atoms with E-state index in [1.165, 1.54) is 0 Å². The summed E-state index contributed by atoms with van der Waals surface area (Å²) in [6.45, 7) is 0. The first-order valence-corrected chi connectivity index (χ1v) is 4.11. The molecule has 58 valence electrons. The van der Waals surface area contributed by atoms with Gasteiger partial charge in [0.25, 0.3) is 0 Å². The van der Waals surface area contributed by atoms with Gasteiger partial charge in [-0.05, 0) is 37.5 Å². The number of rotatable bonds is 0. The zero-order chi connectivity index (χ0) is 7.14. The molecule has 2 heteroatoms. The normalized spacial score (nSPS) is 53.4. The molecule has 0 heterocycles. The van der Waals surface area contributed by atoms with Crippen molar-refractivity contribution in [2.45, 2.75) is 38.0 Å².